The third-order valence-electron chi connectivity index (χ3n) is 2.07. The number of aromatic nitrogens is 1. The lowest BCUT2D eigenvalue weighted by Crippen LogP contribution is -2.10. The van der Waals surface area contributed by atoms with Crippen molar-refractivity contribution in [3.8, 4) is 0 Å². The molecule has 1 aromatic heterocycles. The number of halogens is 2. The van der Waals surface area contributed by atoms with Gasteiger partial charge in [-0.1, -0.05) is 0 Å². The maximum atomic E-state index is 12.6. The molecule has 0 saturated heterocycles. The van der Waals surface area contributed by atoms with Crippen LogP contribution in [0.15, 0.2) is 12.3 Å². The van der Waals surface area contributed by atoms with Crippen LogP contribution in [0, 0.1) is 10.1 Å². The van der Waals surface area contributed by atoms with Gasteiger partial charge in [-0.25, -0.2) is 8.78 Å². The van der Waals surface area contributed by atoms with Crippen molar-refractivity contribution >= 4 is 11.8 Å². The van der Waals surface area contributed by atoms with Crippen LogP contribution in [0.1, 0.15) is 24.5 Å². The van der Waals surface area contributed by atoms with Crippen molar-refractivity contribution in [2.45, 2.75) is 19.8 Å². The molecule has 0 aliphatic heterocycles. The highest BCUT2D eigenvalue weighted by molar-refractivity contribution is 5.73. The maximum Gasteiger partial charge on any atom is 0.363 e. The second-order valence-corrected chi connectivity index (χ2v) is 3.28. The average molecular weight is 260 g/mol. The van der Waals surface area contributed by atoms with Crippen molar-refractivity contribution < 1.29 is 23.2 Å². The molecule has 1 rings (SSSR count). The SMILES string of the molecule is CCOC(=O)Cc1cc([N+](=O)[O-])ncc1C(F)F. The third kappa shape index (κ3) is 3.44. The second kappa shape index (κ2) is 5.99. The standard InChI is InChI=1S/C10H10F2N2O4/c1-2-18-9(15)4-6-3-8(14(16)17)13-5-7(6)10(11)12/h3,5,10H,2,4H2,1H3. The quantitative estimate of drug-likeness (QED) is 0.459. The lowest BCUT2D eigenvalue weighted by atomic mass is 10.1. The summed E-state index contributed by atoms with van der Waals surface area (Å²) in [6, 6.07) is 0.860. The van der Waals surface area contributed by atoms with Gasteiger partial charge in [0.05, 0.1) is 18.6 Å². The van der Waals surface area contributed by atoms with E-state index in [1.54, 1.807) is 6.92 Å². The number of ether oxygens (including phenoxy) is 1. The van der Waals surface area contributed by atoms with Crippen molar-refractivity contribution in [1.29, 1.82) is 0 Å². The topological polar surface area (TPSA) is 82.3 Å². The van der Waals surface area contributed by atoms with Crippen LogP contribution in [0.4, 0.5) is 14.6 Å². The molecule has 18 heavy (non-hydrogen) atoms. The Labute approximate surface area is 101 Å². The predicted octanol–water partition coefficient (Wildman–Crippen LogP) is 2.03. The van der Waals surface area contributed by atoms with Gasteiger partial charge in [-0.2, -0.15) is 0 Å². The summed E-state index contributed by atoms with van der Waals surface area (Å²) in [6.45, 7) is 1.68. The molecular formula is C10H10F2N2O4. The summed E-state index contributed by atoms with van der Waals surface area (Å²) in [5.41, 5.74) is -0.654. The Bertz CT molecular complexity index is 465. The van der Waals surface area contributed by atoms with E-state index < -0.39 is 35.1 Å². The van der Waals surface area contributed by atoms with Crippen LogP contribution in [-0.4, -0.2) is 22.5 Å². The summed E-state index contributed by atoms with van der Waals surface area (Å²) >= 11 is 0. The van der Waals surface area contributed by atoms with E-state index in [2.05, 4.69) is 9.72 Å². The normalized spacial score (nSPS) is 10.4. The number of esters is 1. The molecule has 1 heterocycles. The molecule has 0 radical (unpaired) electrons. The van der Waals surface area contributed by atoms with E-state index in [9.17, 15) is 23.7 Å². The number of nitrogens with zero attached hydrogens (tertiary/aromatic N) is 2. The molecule has 98 valence electrons. The van der Waals surface area contributed by atoms with Gasteiger partial charge in [-0.05, 0) is 22.4 Å². The molecule has 0 bridgehead atoms. The fourth-order valence-electron chi connectivity index (χ4n) is 1.31. The second-order valence-electron chi connectivity index (χ2n) is 3.28. The number of carbonyl (C=O) groups excluding carboxylic acids is 1. The fraction of sp³-hybridized carbons (Fsp3) is 0.400. The molecular weight excluding hydrogens is 250 g/mol. The van der Waals surface area contributed by atoms with Crippen LogP contribution >= 0.6 is 0 Å². The first-order chi connectivity index (χ1) is 8.45. The minimum Gasteiger partial charge on any atom is -0.466 e. The number of nitro groups is 1. The van der Waals surface area contributed by atoms with E-state index in [1.165, 1.54) is 0 Å². The van der Waals surface area contributed by atoms with Gasteiger partial charge >= 0.3 is 11.8 Å². The number of rotatable bonds is 5. The third-order valence-corrected chi connectivity index (χ3v) is 2.07. The van der Waals surface area contributed by atoms with Gasteiger partial charge < -0.3 is 14.9 Å². The molecule has 0 aromatic carbocycles. The Morgan fingerprint density at radius 1 is 1.61 bits per heavy atom. The summed E-state index contributed by atoms with van der Waals surface area (Å²) in [4.78, 5) is 24.2. The minimum atomic E-state index is -2.86. The average Bonchev–Trinajstić information content (AvgIpc) is 2.28. The first-order valence-electron chi connectivity index (χ1n) is 5.02. The monoisotopic (exact) mass is 260 g/mol. The Kier molecular flexibility index (Phi) is 4.64. The molecule has 0 fully saturated rings. The van der Waals surface area contributed by atoms with Crippen molar-refractivity contribution in [2.75, 3.05) is 6.61 Å². The van der Waals surface area contributed by atoms with Gasteiger partial charge in [-0.3, -0.25) is 4.79 Å². The fourth-order valence-corrected chi connectivity index (χ4v) is 1.31. The van der Waals surface area contributed by atoms with Gasteiger partial charge in [0.2, 0.25) is 0 Å². The van der Waals surface area contributed by atoms with E-state index >= 15 is 0 Å². The molecule has 1 aromatic rings. The first kappa shape index (κ1) is 13.9. The highest BCUT2D eigenvalue weighted by atomic mass is 19.3. The Balaban J connectivity index is 3.07. The highest BCUT2D eigenvalue weighted by Gasteiger charge is 2.21. The number of hydrogen-bond donors (Lipinski definition) is 0. The van der Waals surface area contributed by atoms with Gasteiger partial charge in [0.25, 0.3) is 6.43 Å². The minimum absolute atomic E-state index is 0.107. The van der Waals surface area contributed by atoms with Crippen molar-refractivity contribution in [2.24, 2.45) is 0 Å². The molecule has 0 spiro atoms. The number of alkyl halides is 2. The molecule has 0 aliphatic rings. The summed E-state index contributed by atoms with van der Waals surface area (Å²) in [5, 5.41) is 10.5. The summed E-state index contributed by atoms with van der Waals surface area (Å²) in [5.74, 6) is -1.31. The molecule has 8 heteroatoms. The van der Waals surface area contributed by atoms with Gasteiger partial charge in [0.15, 0.2) is 0 Å². The predicted molar refractivity (Wildman–Crippen MR) is 56.2 cm³/mol. The molecule has 0 aliphatic carbocycles. The smallest absolute Gasteiger partial charge is 0.363 e. The van der Waals surface area contributed by atoms with Gasteiger partial charge in [0, 0.05) is 6.07 Å². The Morgan fingerprint density at radius 3 is 2.78 bits per heavy atom. The summed E-state index contributed by atoms with van der Waals surface area (Å²) in [7, 11) is 0. The van der Waals surface area contributed by atoms with E-state index in [1.807, 2.05) is 0 Å². The molecule has 0 unspecified atom stereocenters. The van der Waals surface area contributed by atoms with E-state index in [-0.39, 0.29) is 12.2 Å². The summed E-state index contributed by atoms with van der Waals surface area (Å²) in [6.07, 6.45) is -2.60. The van der Waals surface area contributed by atoms with E-state index in [0.717, 1.165) is 6.07 Å². The Hall–Kier alpha value is -2.12. The van der Waals surface area contributed by atoms with Crippen LogP contribution in [0.3, 0.4) is 0 Å². The summed E-state index contributed by atoms with van der Waals surface area (Å²) < 4.78 is 29.9. The van der Waals surface area contributed by atoms with Crippen LogP contribution in [-0.2, 0) is 16.0 Å². The molecule has 0 N–H and O–H groups in total. The largest absolute Gasteiger partial charge is 0.466 e. The number of pyridine rings is 1. The lowest BCUT2D eigenvalue weighted by Gasteiger charge is -2.06. The lowest BCUT2D eigenvalue weighted by molar-refractivity contribution is -0.389. The van der Waals surface area contributed by atoms with Crippen molar-refractivity contribution in [3.05, 3.63) is 33.5 Å². The zero-order chi connectivity index (χ0) is 13.7. The van der Waals surface area contributed by atoms with E-state index in [4.69, 9.17) is 0 Å². The number of hydrogen-bond acceptors (Lipinski definition) is 5. The molecule has 0 saturated carbocycles. The van der Waals surface area contributed by atoms with Crippen molar-refractivity contribution in [3.63, 3.8) is 0 Å². The van der Waals surface area contributed by atoms with Crippen molar-refractivity contribution in [1.82, 2.24) is 4.98 Å². The zero-order valence-corrected chi connectivity index (χ0v) is 9.43. The van der Waals surface area contributed by atoms with Crippen LogP contribution in [0.5, 0.6) is 0 Å². The first-order valence-corrected chi connectivity index (χ1v) is 5.02. The maximum absolute atomic E-state index is 12.6. The van der Waals surface area contributed by atoms with Gasteiger partial charge in [-0.15, -0.1) is 0 Å². The number of carbonyl (C=O) groups is 1. The highest BCUT2D eigenvalue weighted by Crippen LogP contribution is 2.25. The van der Waals surface area contributed by atoms with Crippen LogP contribution in [0.2, 0.25) is 0 Å². The van der Waals surface area contributed by atoms with Crippen LogP contribution < -0.4 is 0 Å². The van der Waals surface area contributed by atoms with Gasteiger partial charge in [0.1, 0.15) is 6.20 Å². The molecule has 6 nitrogen and oxygen atoms in total. The molecule has 0 amide bonds. The van der Waals surface area contributed by atoms with E-state index in [0.29, 0.717) is 6.20 Å². The zero-order valence-electron chi connectivity index (χ0n) is 9.43. The Morgan fingerprint density at radius 2 is 2.28 bits per heavy atom. The van der Waals surface area contributed by atoms with Crippen LogP contribution in [0.25, 0.3) is 0 Å². The molecule has 0 atom stereocenters.